The van der Waals surface area contributed by atoms with Gasteiger partial charge in [0.1, 0.15) is 0 Å². The van der Waals surface area contributed by atoms with Crippen molar-refractivity contribution in [3.63, 3.8) is 0 Å². The van der Waals surface area contributed by atoms with Gasteiger partial charge in [-0.05, 0) is 24.7 Å². The summed E-state index contributed by atoms with van der Waals surface area (Å²) in [5, 5.41) is 9.70. The van der Waals surface area contributed by atoms with Crippen LogP contribution in [0.15, 0.2) is 11.4 Å². The molecule has 1 aliphatic carbocycles. The minimum atomic E-state index is -0.784. The van der Waals surface area contributed by atoms with Gasteiger partial charge in [0.15, 0.2) is 5.16 Å². The Morgan fingerprint density at radius 1 is 1.50 bits per heavy atom. The lowest BCUT2D eigenvalue weighted by molar-refractivity contribution is -0.133. The molecule has 1 N–H and O–H groups in total. The monoisotopic (exact) mass is 296 g/mol. The Labute approximate surface area is 125 Å². The zero-order valence-electron chi connectivity index (χ0n) is 12.3. The van der Waals surface area contributed by atoms with Crippen molar-refractivity contribution in [2.75, 3.05) is 5.75 Å². The van der Waals surface area contributed by atoms with Crippen LogP contribution in [0.25, 0.3) is 0 Å². The van der Waals surface area contributed by atoms with Crippen molar-refractivity contribution in [2.24, 2.45) is 11.8 Å². The Morgan fingerprint density at radius 3 is 2.90 bits per heavy atom. The van der Waals surface area contributed by atoms with E-state index in [-0.39, 0.29) is 5.75 Å². The van der Waals surface area contributed by atoms with Gasteiger partial charge in [0.2, 0.25) is 0 Å². The summed E-state index contributed by atoms with van der Waals surface area (Å²) in [5.41, 5.74) is 1.22. The third-order valence-electron chi connectivity index (χ3n) is 4.29. The molecular formula is C15H24N2O2S. The molecule has 1 aliphatic rings. The summed E-state index contributed by atoms with van der Waals surface area (Å²) in [6.07, 6.45) is 8.12. The van der Waals surface area contributed by atoms with Gasteiger partial charge in [-0.2, -0.15) is 0 Å². The molecule has 2 atom stereocenters. The average Bonchev–Trinajstić information content (AvgIpc) is 2.81. The fraction of sp³-hybridized carbons (Fsp3) is 0.733. The first-order chi connectivity index (χ1) is 9.61. The summed E-state index contributed by atoms with van der Waals surface area (Å²) in [6, 6.07) is 0. The summed E-state index contributed by atoms with van der Waals surface area (Å²) < 4.78 is 2.25. The highest BCUT2D eigenvalue weighted by Gasteiger charge is 2.23. The zero-order valence-corrected chi connectivity index (χ0v) is 13.2. The highest BCUT2D eigenvalue weighted by Crippen LogP contribution is 2.32. The van der Waals surface area contributed by atoms with E-state index < -0.39 is 5.97 Å². The number of carboxylic acids is 1. The fourth-order valence-electron chi connectivity index (χ4n) is 3.01. The van der Waals surface area contributed by atoms with Crippen LogP contribution in [0, 0.1) is 11.8 Å². The second-order valence-electron chi connectivity index (χ2n) is 5.70. The van der Waals surface area contributed by atoms with Gasteiger partial charge in [0.25, 0.3) is 0 Å². The molecule has 1 saturated carbocycles. The van der Waals surface area contributed by atoms with Crippen molar-refractivity contribution in [3.8, 4) is 0 Å². The second-order valence-corrected chi connectivity index (χ2v) is 6.64. The summed E-state index contributed by atoms with van der Waals surface area (Å²) in [7, 11) is 0. The number of aryl methyl sites for hydroxylation is 1. The van der Waals surface area contributed by atoms with Crippen LogP contribution in [0.5, 0.6) is 0 Å². The number of carbonyl (C=O) groups is 1. The van der Waals surface area contributed by atoms with Gasteiger partial charge in [-0.15, -0.1) is 0 Å². The predicted molar refractivity (Wildman–Crippen MR) is 81.1 cm³/mol. The number of aliphatic carboxylic acids is 1. The van der Waals surface area contributed by atoms with Crippen molar-refractivity contribution in [1.82, 2.24) is 9.55 Å². The van der Waals surface area contributed by atoms with E-state index in [4.69, 9.17) is 5.11 Å². The molecular weight excluding hydrogens is 272 g/mol. The number of aromatic nitrogens is 2. The molecule has 1 aromatic heterocycles. The predicted octanol–water partition coefficient (Wildman–Crippen LogP) is 3.45. The van der Waals surface area contributed by atoms with E-state index >= 15 is 0 Å². The Kier molecular flexibility index (Phi) is 5.52. The van der Waals surface area contributed by atoms with Crippen LogP contribution in [0.1, 0.15) is 45.2 Å². The standard InChI is InChI=1S/C15H24N2O2S/c1-3-13-8-16-15(20-10-14(18)19)17(13)9-12-7-5-4-6-11(12)2/h8,11-12H,3-7,9-10H2,1-2H3,(H,18,19). The van der Waals surface area contributed by atoms with Gasteiger partial charge in [-0.25, -0.2) is 4.98 Å². The van der Waals surface area contributed by atoms with Gasteiger partial charge >= 0.3 is 5.97 Å². The van der Waals surface area contributed by atoms with Crippen molar-refractivity contribution >= 4 is 17.7 Å². The van der Waals surface area contributed by atoms with E-state index in [2.05, 4.69) is 23.4 Å². The van der Waals surface area contributed by atoms with Gasteiger partial charge in [-0.1, -0.05) is 44.9 Å². The smallest absolute Gasteiger partial charge is 0.313 e. The molecule has 1 heterocycles. The first-order valence-corrected chi connectivity index (χ1v) is 8.49. The van der Waals surface area contributed by atoms with Crippen LogP contribution >= 0.6 is 11.8 Å². The van der Waals surface area contributed by atoms with E-state index in [0.29, 0.717) is 5.92 Å². The summed E-state index contributed by atoms with van der Waals surface area (Å²) >= 11 is 1.33. The molecule has 0 saturated heterocycles. The molecule has 112 valence electrons. The normalized spacial score (nSPS) is 22.9. The number of rotatable bonds is 6. The number of thioether (sulfide) groups is 1. The summed E-state index contributed by atoms with van der Waals surface area (Å²) in [5.74, 6) is 0.759. The molecule has 0 aromatic carbocycles. The SMILES string of the molecule is CCc1cnc(SCC(=O)O)n1CC1CCCCC1C. The first kappa shape index (κ1) is 15.4. The molecule has 0 amide bonds. The maximum Gasteiger partial charge on any atom is 0.313 e. The molecule has 20 heavy (non-hydrogen) atoms. The number of hydrogen-bond donors (Lipinski definition) is 1. The largest absolute Gasteiger partial charge is 0.481 e. The highest BCUT2D eigenvalue weighted by atomic mass is 32.2. The topological polar surface area (TPSA) is 55.1 Å². The van der Waals surface area contributed by atoms with Crippen LogP contribution in [-0.2, 0) is 17.8 Å². The van der Waals surface area contributed by atoms with Gasteiger partial charge in [0, 0.05) is 18.4 Å². The lowest BCUT2D eigenvalue weighted by Gasteiger charge is -2.30. The molecule has 0 radical (unpaired) electrons. The van der Waals surface area contributed by atoms with Crippen molar-refractivity contribution in [2.45, 2.75) is 57.7 Å². The molecule has 0 spiro atoms. The van der Waals surface area contributed by atoms with Crippen LogP contribution in [-0.4, -0.2) is 26.4 Å². The minimum Gasteiger partial charge on any atom is -0.481 e. The van der Waals surface area contributed by atoms with Gasteiger partial charge in [0.05, 0.1) is 5.75 Å². The number of imidazole rings is 1. The maximum absolute atomic E-state index is 10.7. The Bertz CT molecular complexity index is 459. The van der Waals surface area contributed by atoms with Crippen molar-refractivity contribution in [1.29, 1.82) is 0 Å². The van der Waals surface area contributed by atoms with E-state index in [9.17, 15) is 4.79 Å². The zero-order chi connectivity index (χ0) is 14.5. The van der Waals surface area contributed by atoms with Crippen LogP contribution < -0.4 is 0 Å². The molecule has 1 fully saturated rings. The lowest BCUT2D eigenvalue weighted by Crippen LogP contribution is -2.23. The van der Waals surface area contributed by atoms with Crippen molar-refractivity contribution < 1.29 is 9.90 Å². The minimum absolute atomic E-state index is 0.0837. The Morgan fingerprint density at radius 2 is 2.25 bits per heavy atom. The molecule has 0 aliphatic heterocycles. The lowest BCUT2D eigenvalue weighted by atomic mass is 9.80. The van der Waals surface area contributed by atoms with Gasteiger partial charge < -0.3 is 9.67 Å². The van der Waals surface area contributed by atoms with Crippen LogP contribution in [0.4, 0.5) is 0 Å². The molecule has 2 rings (SSSR count). The van der Waals surface area contributed by atoms with Crippen molar-refractivity contribution in [3.05, 3.63) is 11.9 Å². The maximum atomic E-state index is 10.7. The fourth-order valence-corrected chi connectivity index (χ4v) is 3.74. The van der Waals surface area contributed by atoms with E-state index in [0.717, 1.165) is 24.0 Å². The Balaban J connectivity index is 2.11. The quantitative estimate of drug-likeness (QED) is 0.817. The molecule has 5 heteroatoms. The molecule has 1 aromatic rings. The Hall–Kier alpha value is -0.970. The van der Waals surface area contributed by atoms with Crippen LogP contribution in [0.3, 0.4) is 0 Å². The van der Waals surface area contributed by atoms with E-state index in [1.165, 1.54) is 43.1 Å². The van der Waals surface area contributed by atoms with Crippen LogP contribution in [0.2, 0.25) is 0 Å². The summed E-state index contributed by atoms with van der Waals surface area (Å²) in [4.78, 5) is 15.2. The molecule has 0 bridgehead atoms. The third kappa shape index (κ3) is 3.78. The number of nitrogens with zero attached hydrogens (tertiary/aromatic N) is 2. The molecule has 4 nitrogen and oxygen atoms in total. The number of hydrogen-bond acceptors (Lipinski definition) is 3. The van der Waals surface area contributed by atoms with Gasteiger partial charge in [-0.3, -0.25) is 4.79 Å². The molecule has 2 unspecified atom stereocenters. The number of carboxylic acid groups (broad SMARTS) is 1. The first-order valence-electron chi connectivity index (χ1n) is 7.50. The summed E-state index contributed by atoms with van der Waals surface area (Å²) in [6.45, 7) is 5.46. The third-order valence-corrected chi connectivity index (χ3v) is 5.27. The second kappa shape index (κ2) is 7.16. The van der Waals surface area contributed by atoms with E-state index in [1.54, 1.807) is 0 Å². The van der Waals surface area contributed by atoms with E-state index in [1.807, 2.05) is 6.20 Å². The highest BCUT2D eigenvalue weighted by molar-refractivity contribution is 7.99. The average molecular weight is 296 g/mol.